The van der Waals surface area contributed by atoms with Gasteiger partial charge in [-0.3, -0.25) is 4.79 Å². The number of aliphatic imine (C=N–C) groups is 1. The van der Waals surface area contributed by atoms with Gasteiger partial charge in [0.05, 0.1) is 6.61 Å². The number of nitrogens with zero attached hydrogens (tertiary/aromatic N) is 2. The molecule has 2 N–H and O–H groups in total. The molecule has 0 aliphatic rings. The molecule has 0 aliphatic heterocycles. The van der Waals surface area contributed by atoms with Crippen molar-refractivity contribution in [2.24, 2.45) is 4.99 Å². The summed E-state index contributed by atoms with van der Waals surface area (Å²) in [6.07, 6.45) is 0.848. The minimum absolute atomic E-state index is 0.0231. The SMILES string of the molecule is CCNC(=NCC(=O)N(C)C)NCCCOc1ccccc1C. The van der Waals surface area contributed by atoms with Crippen LogP contribution < -0.4 is 15.4 Å². The molecule has 0 aliphatic carbocycles. The van der Waals surface area contributed by atoms with Gasteiger partial charge in [0, 0.05) is 27.2 Å². The Hall–Kier alpha value is -2.24. The summed E-state index contributed by atoms with van der Waals surface area (Å²) in [7, 11) is 3.45. The largest absolute Gasteiger partial charge is 0.493 e. The highest BCUT2D eigenvalue weighted by Gasteiger charge is 2.04. The van der Waals surface area contributed by atoms with Crippen molar-refractivity contribution >= 4 is 11.9 Å². The quantitative estimate of drug-likeness (QED) is 0.432. The number of hydrogen-bond acceptors (Lipinski definition) is 3. The van der Waals surface area contributed by atoms with E-state index in [0.29, 0.717) is 12.6 Å². The van der Waals surface area contributed by atoms with Gasteiger partial charge in [-0.25, -0.2) is 4.99 Å². The van der Waals surface area contributed by atoms with E-state index in [0.717, 1.165) is 30.8 Å². The topological polar surface area (TPSA) is 66.0 Å². The van der Waals surface area contributed by atoms with Gasteiger partial charge in [0.25, 0.3) is 0 Å². The molecule has 1 rings (SSSR count). The van der Waals surface area contributed by atoms with E-state index < -0.39 is 0 Å². The number of para-hydroxylation sites is 1. The molecule has 0 radical (unpaired) electrons. The maximum absolute atomic E-state index is 11.6. The highest BCUT2D eigenvalue weighted by Crippen LogP contribution is 2.15. The Balaban J connectivity index is 2.31. The molecule has 0 spiro atoms. The van der Waals surface area contributed by atoms with E-state index >= 15 is 0 Å². The molecule has 0 bridgehead atoms. The Morgan fingerprint density at radius 1 is 1.26 bits per heavy atom. The van der Waals surface area contributed by atoms with Crippen molar-refractivity contribution < 1.29 is 9.53 Å². The molecule has 6 heteroatoms. The molecular weight excluding hydrogens is 292 g/mol. The number of benzene rings is 1. The van der Waals surface area contributed by atoms with Crippen molar-refractivity contribution in [1.29, 1.82) is 0 Å². The van der Waals surface area contributed by atoms with Crippen molar-refractivity contribution in [2.45, 2.75) is 20.3 Å². The van der Waals surface area contributed by atoms with Crippen LogP contribution in [0.25, 0.3) is 0 Å². The number of carbonyl (C=O) groups is 1. The molecule has 6 nitrogen and oxygen atoms in total. The number of likely N-dealkylation sites (N-methyl/N-ethyl adjacent to an activating group) is 1. The number of guanidine groups is 1. The van der Waals surface area contributed by atoms with Crippen LogP contribution in [0.15, 0.2) is 29.3 Å². The molecule has 0 fully saturated rings. The van der Waals surface area contributed by atoms with Gasteiger partial charge in [0.2, 0.25) is 5.91 Å². The predicted molar refractivity (Wildman–Crippen MR) is 94.0 cm³/mol. The van der Waals surface area contributed by atoms with E-state index in [2.05, 4.69) is 15.6 Å². The van der Waals surface area contributed by atoms with E-state index in [1.807, 2.05) is 38.1 Å². The first kappa shape index (κ1) is 18.8. The third-order valence-electron chi connectivity index (χ3n) is 3.18. The Morgan fingerprint density at radius 3 is 2.65 bits per heavy atom. The van der Waals surface area contributed by atoms with E-state index in [1.165, 1.54) is 4.90 Å². The monoisotopic (exact) mass is 320 g/mol. The molecule has 0 saturated carbocycles. The Labute approximate surface area is 138 Å². The van der Waals surface area contributed by atoms with Crippen LogP contribution in [0, 0.1) is 6.92 Å². The van der Waals surface area contributed by atoms with E-state index in [4.69, 9.17) is 4.74 Å². The second-order valence-electron chi connectivity index (χ2n) is 5.38. The summed E-state index contributed by atoms with van der Waals surface area (Å²) < 4.78 is 5.75. The lowest BCUT2D eigenvalue weighted by atomic mass is 10.2. The van der Waals surface area contributed by atoms with Crippen molar-refractivity contribution in [1.82, 2.24) is 15.5 Å². The van der Waals surface area contributed by atoms with Crippen molar-refractivity contribution in [3.63, 3.8) is 0 Å². The molecule has 1 aromatic rings. The zero-order valence-electron chi connectivity index (χ0n) is 14.6. The second kappa shape index (κ2) is 10.5. The molecule has 0 atom stereocenters. The summed E-state index contributed by atoms with van der Waals surface area (Å²) in [6, 6.07) is 7.97. The lowest BCUT2D eigenvalue weighted by molar-refractivity contribution is -0.127. The average Bonchev–Trinajstić information content (AvgIpc) is 2.53. The molecular formula is C17H28N4O2. The van der Waals surface area contributed by atoms with Crippen molar-refractivity contribution in [3.05, 3.63) is 29.8 Å². The lowest BCUT2D eigenvalue weighted by Gasteiger charge is -2.13. The van der Waals surface area contributed by atoms with Gasteiger partial charge in [-0.2, -0.15) is 0 Å². The fourth-order valence-electron chi connectivity index (χ4n) is 1.81. The van der Waals surface area contributed by atoms with E-state index in [-0.39, 0.29) is 12.5 Å². The number of nitrogens with one attached hydrogen (secondary N) is 2. The number of rotatable bonds is 8. The first-order valence-electron chi connectivity index (χ1n) is 7.95. The van der Waals surface area contributed by atoms with Crippen LogP contribution in [0.3, 0.4) is 0 Å². The predicted octanol–water partition coefficient (Wildman–Crippen LogP) is 1.41. The third-order valence-corrected chi connectivity index (χ3v) is 3.18. The molecule has 1 amide bonds. The molecule has 0 aromatic heterocycles. The number of hydrogen-bond donors (Lipinski definition) is 2. The maximum Gasteiger partial charge on any atom is 0.243 e. The fraction of sp³-hybridized carbons (Fsp3) is 0.529. The van der Waals surface area contributed by atoms with Gasteiger partial charge < -0.3 is 20.3 Å². The summed E-state index contributed by atoms with van der Waals surface area (Å²) in [5.41, 5.74) is 1.14. The maximum atomic E-state index is 11.6. The van der Waals surface area contributed by atoms with Gasteiger partial charge >= 0.3 is 0 Å². The molecule has 1 aromatic carbocycles. The summed E-state index contributed by atoms with van der Waals surface area (Å²) in [6.45, 7) is 6.28. The normalized spacial score (nSPS) is 11.0. The van der Waals surface area contributed by atoms with Crippen LogP contribution >= 0.6 is 0 Å². The zero-order chi connectivity index (χ0) is 17.1. The standard InChI is InChI=1S/C17H28N4O2/c1-5-18-17(20-13-16(22)21(3)4)19-11-8-12-23-15-10-7-6-9-14(15)2/h6-7,9-10H,5,8,11-13H2,1-4H3,(H2,18,19,20). The number of ether oxygens (including phenoxy) is 1. The zero-order valence-corrected chi connectivity index (χ0v) is 14.6. The summed E-state index contributed by atoms with van der Waals surface area (Å²) in [4.78, 5) is 17.4. The van der Waals surface area contributed by atoms with E-state index in [1.54, 1.807) is 14.1 Å². The Morgan fingerprint density at radius 2 is 2.00 bits per heavy atom. The highest BCUT2D eigenvalue weighted by molar-refractivity contribution is 5.84. The van der Waals surface area contributed by atoms with Gasteiger partial charge in [-0.1, -0.05) is 18.2 Å². The first-order valence-corrected chi connectivity index (χ1v) is 7.95. The van der Waals surface area contributed by atoms with E-state index in [9.17, 15) is 4.79 Å². The minimum Gasteiger partial charge on any atom is -0.493 e. The van der Waals surface area contributed by atoms with Gasteiger partial charge in [-0.15, -0.1) is 0 Å². The Bertz CT molecular complexity index is 515. The molecule has 0 saturated heterocycles. The van der Waals surface area contributed by atoms with Crippen LogP contribution in [-0.4, -0.2) is 57.1 Å². The van der Waals surface area contributed by atoms with Gasteiger partial charge in [0.15, 0.2) is 5.96 Å². The van der Waals surface area contributed by atoms with Crippen LogP contribution in [0.1, 0.15) is 18.9 Å². The highest BCUT2D eigenvalue weighted by atomic mass is 16.5. The molecule has 0 heterocycles. The fourth-order valence-corrected chi connectivity index (χ4v) is 1.81. The van der Waals surface area contributed by atoms with Crippen molar-refractivity contribution in [2.75, 3.05) is 40.3 Å². The summed E-state index contributed by atoms with van der Waals surface area (Å²) in [5, 5.41) is 6.33. The molecule has 128 valence electrons. The van der Waals surface area contributed by atoms with Crippen molar-refractivity contribution in [3.8, 4) is 5.75 Å². The average molecular weight is 320 g/mol. The molecule has 23 heavy (non-hydrogen) atoms. The first-order chi connectivity index (χ1) is 11.0. The number of amides is 1. The van der Waals surface area contributed by atoms with Crippen LogP contribution in [0.2, 0.25) is 0 Å². The summed E-state index contributed by atoms with van der Waals surface area (Å²) >= 11 is 0. The summed E-state index contributed by atoms with van der Waals surface area (Å²) in [5.74, 6) is 1.55. The third kappa shape index (κ3) is 7.54. The van der Waals surface area contributed by atoms with Crippen LogP contribution in [0.4, 0.5) is 0 Å². The molecule has 0 unspecified atom stereocenters. The Kier molecular flexibility index (Phi) is 8.57. The number of carbonyl (C=O) groups excluding carboxylic acids is 1. The minimum atomic E-state index is -0.0231. The van der Waals surface area contributed by atoms with Crippen LogP contribution in [0.5, 0.6) is 5.75 Å². The second-order valence-corrected chi connectivity index (χ2v) is 5.38. The van der Waals surface area contributed by atoms with Gasteiger partial charge in [-0.05, 0) is 31.9 Å². The van der Waals surface area contributed by atoms with Gasteiger partial charge in [0.1, 0.15) is 12.3 Å². The lowest BCUT2D eigenvalue weighted by Crippen LogP contribution is -2.39. The number of aryl methyl sites for hydroxylation is 1. The van der Waals surface area contributed by atoms with Crippen LogP contribution in [-0.2, 0) is 4.79 Å². The smallest absolute Gasteiger partial charge is 0.243 e.